The van der Waals surface area contributed by atoms with Crippen LogP contribution in [0.3, 0.4) is 0 Å². The Kier molecular flexibility index (Phi) is 3.99. The molecule has 0 spiro atoms. The molecule has 1 aromatic heterocycles. The number of nitrogens with two attached hydrogens (primary N) is 2. The number of aliphatic imine (C=N–C) groups is 1. The predicted octanol–water partition coefficient (Wildman–Crippen LogP) is 1.43. The Morgan fingerprint density at radius 2 is 2.17 bits per heavy atom. The summed E-state index contributed by atoms with van der Waals surface area (Å²) in [5, 5.41) is 2.37. The topological polar surface area (TPSA) is 115 Å². The molecule has 9 heteroatoms. The van der Waals surface area contributed by atoms with Crippen LogP contribution in [0.2, 0.25) is 0 Å². The molecular formula is C14H17N5O2S2. The summed E-state index contributed by atoms with van der Waals surface area (Å²) in [5.74, 6) is -0.0277. The minimum atomic E-state index is -3.25. The van der Waals surface area contributed by atoms with Crippen molar-refractivity contribution in [3.63, 3.8) is 0 Å². The second kappa shape index (κ2) is 5.82. The van der Waals surface area contributed by atoms with Crippen LogP contribution in [-0.2, 0) is 16.4 Å². The van der Waals surface area contributed by atoms with E-state index in [9.17, 15) is 8.42 Å². The summed E-state index contributed by atoms with van der Waals surface area (Å²) in [6, 6.07) is 5.70. The molecule has 0 bridgehead atoms. The number of hydrogen-bond acceptors (Lipinski definition) is 5. The molecule has 2 heterocycles. The van der Waals surface area contributed by atoms with Crippen LogP contribution in [0.25, 0.3) is 11.3 Å². The van der Waals surface area contributed by atoms with Gasteiger partial charge in [0.25, 0.3) is 0 Å². The van der Waals surface area contributed by atoms with Gasteiger partial charge in [-0.2, -0.15) is 4.99 Å². The number of nitrogens with zero attached hydrogens (tertiary/aromatic N) is 3. The van der Waals surface area contributed by atoms with Gasteiger partial charge < -0.3 is 11.5 Å². The van der Waals surface area contributed by atoms with Gasteiger partial charge in [-0.25, -0.2) is 13.4 Å². The normalized spacial score (nSPS) is 14.4. The number of rotatable bonds is 3. The lowest BCUT2D eigenvalue weighted by Gasteiger charge is -2.29. The van der Waals surface area contributed by atoms with Crippen molar-refractivity contribution in [1.82, 2.24) is 4.98 Å². The van der Waals surface area contributed by atoms with Gasteiger partial charge in [0.05, 0.1) is 17.6 Å². The fourth-order valence-corrected chi connectivity index (χ4v) is 4.34. The molecule has 0 fully saturated rings. The molecule has 2 aromatic rings. The molecule has 0 unspecified atom stereocenters. The fourth-order valence-electron chi connectivity index (χ4n) is 2.63. The van der Waals surface area contributed by atoms with Crippen molar-refractivity contribution >= 4 is 38.1 Å². The summed E-state index contributed by atoms with van der Waals surface area (Å²) < 4.78 is 25.2. The van der Waals surface area contributed by atoms with Crippen LogP contribution >= 0.6 is 11.3 Å². The van der Waals surface area contributed by atoms with Gasteiger partial charge in [0.2, 0.25) is 15.2 Å². The molecule has 1 aliphatic rings. The van der Waals surface area contributed by atoms with Crippen molar-refractivity contribution in [2.45, 2.75) is 12.8 Å². The third kappa shape index (κ3) is 3.30. The van der Waals surface area contributed by atoms with Gasteiger partial charge in [-0.15, -0.1) is 11.3 Å². The van der Waals surface area contributed by atoms with E-state index < -0.39 is 10.0 Å². The van der Waals surface area contributed by atoms with Crippen LogP contribution in [0, 0.1) is 0 Å². The van der Waals surface area contributed by atoms with E-state index >= 15 is 0 Å². The molecule has 0 radical (unpaired) electrons. The van der Waals surface area contributed by atoms with Gasteiger partial charge in [0, 0.05) is 17.5 Å². The molecule has 122 valence electrons. The zero-order valence-corrected chi connectivity index (χ0v) is 14.2. The van der Waals surface area contributed by atoms with Crippen LogP contribution in [0.1, 0.15) is 12.0 Å². The van der Waals surface area contributed by atoms with Gasteiger partial charge in [0.15, 0.2) is 5.96 Å². The van der Waals surface area contributed by atoms with Crippen molar-refractivity contribution in [3.05, 3.63) is 29.1 Å². The lowest BCUT2D eigenvalue weighted by Crippen LogP contribution is -2.34. The number of aryl methyl sites for hydroxylation is 1. The highest BCUT2D eigenvalue weighted by molar-refractivity contribution is 7.92. The first-order chi connectivity index (χ1) is 10.8. The van der Waals surface area contributed by atoms with E-state index in [1.165, 1.54) is 21.9 Å². The molecule has 1 aliphatic heterocycles. The van der Waals surface area contributed by atoms with E-state index in [4.69, 9.17) is 11.5 Å². The van der Waals surface area contributed by atoms with E-state index in [1.54, 1.807) is 0 Å². The Morgan fingerprint density at radius 1 is 1.39 bits per heavy atom. The minimum Gasteiger partial charge on any atom is -0.370 e. The number of anilines is 1. The van der Waals surface area contributed by atoms with Crippen molar-refractivity contribution in [1.29, 1.82) is 0 Å². The van der Waals surface area contributed by atoms with Crippen LogP contribution in [0.5, 0.6) is 0 Å². The Morgan fingerprint density at radius 3 is 2.87 bits per heavy atom. The molecular weight excluding hydrogens is 334 g/mol. The van der Waals surface area contributed by atoms with Crippen LogP contribution < -0.4 is 15.8 Å². The zero-order chi connectivity index (χ0) is 16.6. The third-order valence-electron chi connectivity index (χ3n) is 3.57. The number of thiazole rings is 1. The molecule has 3 rings (SSSR count). The number of sulfonamides is 1. The van der Waals surface area contributed by atoms with E-state index in [0.717, 1.165) is 35.3 Å². The van der Waals surface area contributed by atoms with Crippen LogP contribution in [0.4, 0.5) is 10.8 Å². The second-order valence-corrected chi connectivity index (χ2v) is 8.08. The maximum absolute atomic E-state index is 11.9. The Labute approximate surface area is 138 Å². The number of guanidine groups is 1. The summed E-state index contributed by atoms with van der Waals surface area (Å²) >= 11 is 1.35. The van der Waals surface area contributed by atoms with E-state index in [2.05, 4.69) is 9.98 Å². The van der Waals surface area contributed by atoms with Crippen molar-refractivity contribution in [3.8, 4) is 11.3 Å². The molecule has 0 saturated carbocycles. The van der Waals surface area contributed by atoms with E-state index in [1.807, 2.05) is 23.6 Å². The first-order valence-corrected chi connectivity index (χ1v) is 9.73. The molecule has 1 aromatic carbocycles. The lowest BCUT2D eigenvalue weighted by molar-refractivity contribution is 0.592. The van der Waals surface area contributed by atoms with Crippen LogP contribution in [0.15, 0.2) is 28.6 Å². The highest BCUT2D eigenvalue weighted by atomic mass is 32.2. The van der Waals surface area contributed by atoms with Gasteiger partial charge in [-0.05, 0) is 30.5 Å². The maximum atomic E-state index is 11.9. The van der Waals surface area contributed by atoms with Gasteiger partial charge in [-0.3, -0.25) is 4.31 Å². The molecule has 23 heavy (non-hydrogen) atoms. The highest BCUT2D eigenvalue weighted by Gasteiger charge is 2.24. The SMILES string of the molecule is CS(=O)(=O)N1CCCc2cc(-c3csc(N=C(N)N)n3)ccc21. The molecule has 0 amide bonds. The average Bonchev–Trinajstić information content (AvgIpc) is 2.92. The summed E-state index contributed by atoms with van der Waals surface area (Å²) in [6.45, 7) is 0.524. The monoisotopic (exact) mass is 351 g/mol. The van der Waals surface area contributed by atoms with Crippen molar-refractivity contribution in [2.24, 2.45) is 16.5 Å². The number of fused-ring (bicyclic) bond motifs is 1. The first kappa shape index (κ1) is 15.8. The molecule has 0 atom stereocenters. The molecule has 0 aliphatic carbocycles. The predicted molar refractivity (Wildman–Crippen MR) is 93.5 cm³/mol. The molecule has 4 N–H and O–H groups in total. The number of aromatic nitrogens is 1. The Hall–Kier alpha value is -2.13. The first-order valence-electron chi connectivity index (χ1n) is 7.01. The number of hydrogen-bond donors (Lipinski definition) is 2. The van der Waals surface area contributed by atoms with Gasteiger partial charge in [0.1, 0.15) is 0 Å². The maximum Gasteiger partial charge on any atom is 0.232 e. The van der Waals surface area contributed by atoms with Gasteiger partial charge in [-0.1, -0.05) is 6.07 Å². The van der Waals surface area contributed by atoms with E-state index in [-0.39, 0.29) is 5.96 Å². The smallest absolute Gasteiger partial charge is 0.232 e. The summed E-state index contributed by atoms with van der Waals surface area (Å²) in [6.07, 6.45) is 2.89. The summed E-state index contributed by atoms with van der Waals surface area (Å²) in [7, 11) is -3.25. The molecule has 0 saturated heterocycles. The summed E-state index contributed by atoms with van der Waals surface area (Å²) in [5.41, 5.74) is 14.2. The minimum absolute atomic E-state index is 0.0277. The number of benzene rings is 1. The standard InChI is InChI=1S/C14H17N5O2S2/c1-23(20,21)19-6-2-3-10-7-9(4-5-12(10)19)11-8-22-14(17-11)18-13(15)16/h4-5,7-8H,2-3,6H2,1H3,(H4,15,16,17,18). The summed E-state index contributed by atoms with van der Waals surface area (Å²) in [4.78, 5) is 8.31. The Bertz CT molecular complexity index is 869. The Balaban J connectivity index is 1.98. The quantitative estimate of drug-likeness (QED) is 0.641. The second-order valence-electron chi connectivity index (χ2n) is 5.33. The van der Waals surface area contributed by atoms with Crippen molar-refractivity contribution in [2.75, 3.05) is 17.1 Å². The van der Waals surface area contributed by atoms with Crippen molar-refractivity contribution < 1.29 is 8.42 Å². The average molecular weight is 351 g/mol. The van der Waals surface area contributed by atoms with Crippen LogP contribution in [-0.4, -0.2) is 32.2 Å². The van der Waals surface area contributed by atoms with Gasteiger partial charge >= 0.3 is 0 Å². The lowest BCUT2D eigenvalue weighted by atomic mass is 10.00. The largest absolute Gasteiger partial charge is 0.370 e. The zero-order valence-electron chi connectivity index (χ0n) is 12.6. The fraction of sp³-hybridized carbons (Fsp3) is 0.286. The third-order valence-corrected chi connectivity index (χ3v) is 5.48. The van der Waals surface area contributed by atoms with E-state index in [0.29, 0.717) is 11.7 Å². The highest BCUT2D eigenvalue weighted by Crippen LogP contribution is 2.34. The molecule has 7 nitrogen and oxygen atoms in total.